The number of nitrogens with zero attached hydrogens (tertiary/aromatic N) is 3. The molecule has 0 radical (unpaired) electrons. The number of aryl methyl sites for hydroxylation is 2. The van der Waals surface area contributed by atoms with Crippen LogP contribution in [-0.4, -0.2) is 39.2 Å². The van der Waals surface area contributed by atoms with Gasteiger partial charge < -0.3 is 4.90 Å². The van der Waals surface area contributed by atoms with Crippen LogP contribution in [0.1, 0.15) is 42.5 Å². The predicted octanol–water partition coefficient (Wildman–Crippen LogP) is 3.50. The van der Waals surface area contributed by atoms with Crippen molar-refractivity contribution in [1.29, 1.82) is 0 Å². The van der Waals surface area contributed by atoms with E-state index in [1.807, 2.05) is 25.8 Å². The minimum Gasteiger partial charge on any atom is -0.342 e. The molecule has 1 aliphatic carbocycles. The third-order valence-electron chi connectivity index (χ3n) is 5.21. The average Bonchev–Trinajstić information content (AvgIpc) is 2.90. The first-order valence-electron chi connectivity index (χ1n) is 8.75. The van der Waals surface area contributed by atoms with E-state index in [0.29, 0.717) is 22.3 Å². The van der Waals surface area contributed by atoms with E-state index in [-0.39, 0.29) is 11.5 Å². The molecule has 1 amide bonds. The molecule has 25 heavy (non-hydrogen) atoms. The summed E-state index contributed by atoms with van der Waals surface area (Å²) in [6.07, 6.45) is 5.89. The lowest BCUT2D eigenvalue weighted by atomic mass is 9.94. The molecule has 0 spiro atoms. The molecule has 7 heteroatoms. The number of aromatic nitrogens is 2. The molecule has 0 aliphatic heterocycles. The molecular weight excluding hydrogens is 354 g/mol. The summed E-state index contributed by atoms with van der Waals surface area (Å²) in [5.41, 5.74) is 0.986. The van der Waals surface area contributed by atoms with Crippen molar-refractivity contribution in [3.05, 3.63) is 20.8 Å². The Balaban J connectivity index is 1.75. The molecule has 0 unspecified atom stereocenters. The summed E-state index contributed by atoms with van der Waals surface area (Å²) in [5, 5.41) is 1.32. The van der Waals surface area contributed by atoms with Crippen LogP contribution < -0.4 is 5.56 Å². The molecule has 0 saturated heterocycles. The topological polar surface area (TPSA) is 55.2 Å². The molecule has 1 fully saturated rings. The molecule has 2 heterocycles. The predicted molar refractivity (Wildman–Crippen MR) is 105 cm³/mol. The molecule has 0 bridgehead atoms. The van der Waals surface area contributed by atoms with E-state index in [1.165, 1.54) is 31.0 Å². The van der Waals surface area contributed by atoms with Gasteiger partial charge in [-0.1, -0.05) is 31.0 Å². The smallest absolute Gasteiger partial charge is 0.262 e. The third-order valence-corrected chi connectivity index (χ3v) is 7.33. The van der Waals surface area contributed by atoms with Crippen molar-refractivity contribution in [2.75, 3.05) is 12.8 Å². The number of rotatable bonds is 4. The van der Waals surface area contributed by atoms with Crippen LogP contribution in [0.4, 0.5) is 0 Å². The van der Waals surface area contributed by atoms with E-state index < -0.39 is 0 Å². The molecule has 136 valence electrons. The molecule has 0 atom stereocenters. The van der Waals surface area contributed by atoms with Crippen molar-refractivity contribution in [2.24, 2.45) is 7.05 Å². The fourth-order valence-electron chi connectivity index (χ4n) is 3.39. The molecule has 0 N–H and O–H groups in total. The summed E-state index contributed by atoms with van der Waals surface area (Å²) in [5.74, 6) is 0.437. The summed E-state index contributed by atoms with van der Waals surface area (Å²) in [6, 6.07) is 0.365. The summed E-state index contributed by atoms with van der Waals surface area (Å²) in [7, 11) is 3.64. The van der Waals surface area contributed by atoms with Crippen molar-refractivity contribution >= 4 is 39.2 Å². The Morgan fingerprint density at radius 1 is 1.32 bits per heavy atom. The molecule has 3 rings (SSSR count). The van der Waals surface area contributed by atoms with Gasteiger partial charge in [0, 0.05) is 25.0 Å². The van der Waals surface area contributed by atoms with Gasteiger partial charge in [0.25, 0.3) is 5.56 Å². The fraction of sp³-hybridized carbons (Fsp3) is 0.611. The van der Waals surface area contributed by atoms with Gasteiger partial charge in [-0.05, 0) is 32.3 Å². The highest BCUT2D eigenvalue weighted by Gasteiger charge is 2.23. The van der Waals surface area contributed by atoms with Gasteiger partial charge >= 0.3 is 0 Å². The van der Waals surface area contributed by atoms with E-state index in [0.717, 1.165) is 28.1 Å². The highest BCUT2D eigenvalue weighted by Crippen LogP contribution is 2.28. The molecule has 1 aliphatic rings. The monoisotopic (exact) mass is 379 g/mol. The zero-order valence-corrected chi connectivity index (χ0v) is 16.9. The Bertz CT molecular complexity index is 850. The second-order valence-corrected chi connectivity index (χ2v) is 8.95. The average molecular weight is 380 g/mol. The number of hydrogen-bond acceptors (Lipinski definition) is 5. The van der Waals surface area contributed by atoms with Crippen LogP contribution in [0.15, 0.2) is 9.95 Å². The summed E-state index contributed by atoms with van der Waals surface area (Å²) < 4.78 is 1.57. The lowest BCUT2D eigenvalue weighted by Gasteiger charge is -2.31. The number of hydrogen-bond donors (Lipinski definition) is 0. The van der Waals surface area contributed by atoms with Gasteiger partial charge in [-0.2, -0.15) is 0 Å². The van der Waals surface area contributed by atoms with Crippen LogP contribution in [0.3, 0.4) is 0 Å². The first kappa shape index (κ1) is 18.5. The maximum atomic E-state index is 12.6. The first-order chi connectivity index (χ1) is 11.9. The molecular formula is C18H25N3O2S2. The van der Waals surface area contributed by atoms with Gasteiger partial charge in [0.15, 0.2) is 5.16 Å². The molecule has 2 aromatic rings. The minimum absolute atomic E-state index is 0.0255. The van der Waals surface area contributed by atoms with Crippen LogP contribution in [0, 0.1) is 13.8 Å². The van der Waals surface area contributed by atoms with Crippen LogP contribution in [-0.2, 0) is 11.8 Å². The van der Waals surface area contributed by atoms with Crippen molar-refractivity contribution in [3.8, 4) is 0 Å². The number of thioether (sulfide) groups is 1. The molecule has 5 nitrogen and oxygen atoms in total. The van der Waals surface area contributed by atoms with Crippen LogP contribution in [0.25, 0.3) is 10.2 Å². The number of thiophene rings is 1. The zero-order chi connectivity index (χ0) is 18.1. The maximum Gasteiger partial charge on any atom is 0.262 e. The second kappa shape index (κ2) is 7.50. The van der Waals surface area contributed by atoms with Gasteiger partial charge in [0.1, 0.15) is 4.83 Å². The highest BCUT2D eigenvalue weighted by atomic mass is 32.2. The number of amides is 1. The van der Waals surface area contributed by atoms with Crippen molar-refractivity contribution in [3.63, 3.8) is 0 Å². The van der Waals surface area contributed by atoms with E-state index >= 15 is 0 Å². The lowest BCUT2D eigenvalue weighted by Crippen LogP contribution is -2.39. The number of fused-ring (bicyclic) bond motifs is 1. The Labute approximate surface area is 156 Å². The SMILES string of the molecule is Cc1sc2nc(SCC(=O)N(C)C3CCCCC3)n(C)c(=O)c2c1C. The van der Waals surface area contributed by atoms with E-state index in [2.05, 4.69) is 4.98 Å². The Morgan fingerprint density at radius 3 is 2.68 bits per heavy atom. The van der Waals surface area contributed by atoms with Gasteiger partial charge in [-0.25, -0.2) is 4.98 Å². The molecule has 0 aromatic carbocycles. The van der Waals surface area contributed by atoms with Gasteiger partial charge in [-0.3, -0.25) is 14.2 Å². The zero-order valence-electron chi connectivity index (χ0n) is 15.3. The van der Waals surface area contributed by atoms with Gasteiger partial charge in [0.05, 0.1) is 11.1 Å². The van der Waals surface area contributed by atoms with Crippen molar-refractivity contribution in [1.82, 2.24) is 14.5 Å². The lowest BCUT2D eigenvalue weighted by molar-refractivity contribution is -0.129. The van der Waals surface area contributed by atoms with E-state index in [4.69, 9.17) is 0 Å². The summed E-state index contributed by atoms with van der Waals surface area (Å²) >= 11 is 2.90. The standard InChI is InChI=1S/C18H25N3O2S2/c1-11-12(2)25-16-15(11)17(23)21(4)18(19-16)24-10-14(22)20(3)13-8-6-5-7-9-13/h13H,5-10H2,1-4H3. The van der Waals surface area contributed by atoms with E-state index in [9.17, 15) is 9.59 Å². The summed E-state index contributed by atoms with van der Waals surface area (Å²) in [4.78, 5) is 33.6. The first-order valence-corrected chi connectivity index (χ1v) is 10.6. The number of carbonyl (C=O) groups excluding carboxylic acids is 1. The Hall–Kier alpha value is -1.34. The second-order valence-electron chi connectivity index (χ2n) is 6.81. The normalized spacial score (nSPS) is 15.7. The largest absolute Gasteiger partial charge is 0.342 e. The van der Waals surface area contributed by atoms with Crippen LogP contribution >= 0.6 is 23.1 Å². The van der Waals surface area contributed by atoms with E-state index in [1.54, 1.807) is 23.0 Å². The minimum atomic E-state index is -0.0255. The Morgan fingerprint density at radius 2 is 2.00 bits per heavy atom. The quantitative estimate of drug-likeness (QED) is 0.603. The van der Waals surface area contributed by atoms with Crippen LogP contribution in [0.2, 0.25) is 0 Å². The van der Waals surface area contributed by atoms with Crippen molar-refractivity contribution < 1.29 is 4.79 Å². The maximum absolute atomic E-state index is 12.6. The molecule has 2 aromatic heterocycles. The summed E-state index contributed by atoms with van der Waals surface area (Å²) in [6.45, 7) is 3.98. The number of carbonyl (C=O) groups is 1. The van der Waals surface area contributed by atoms with Crippen molar-refractivity contribution in [2.45, 2.75) is 57.1 Å². The van der Waals surface area contributed by atoms with Gasteiger partial charge in [0.2, 0.25) is 5.91 Å². The third kappa shape index (κ3) is 3.62. The van der Waals surface area contributed by atoms with Crippen LogP contribution in [0.5, 0.6) is 0 Å². The highest BCUT2D eigenvalue weighted by molar-refractivity contribution is 7.99. The fourth-order valence-corrected chi connectivity index (χ4v) is 5.35. The molecule has 1 saturated carbocycles. The van der Waals surface area contributed by atoms with Gasteiger partial charge in [-0.15, -0.1) is 11.3 Å². The Kier molecular flexibility index (Phi) is 5.53.